The van der Waals surface area contributed by atoms with Crippen molar-refractivity contribution in [3.8, 4) is 5.75 Å². The van der Waals surface area contributed by atoms with Crippen LogP contribution in [0.1, 0.15) is 17.2 Å². The van der Waals surface area contributed by atoms with Crippen LogP contribution < -0.4 is 10.5 Å². The summed E-state index contributed by atoms with van der Waals surface area (Å²) in [5.41, 5.74) is 8.16. The molecule has 0 aliphatic carbocycles. The van der Waals surface area contributed by atoms with Crippen LogP contribution in [0.3, 0.4) is 0 Å². The lowest BCUT2D eigenvalue weighted by atomic mass is 10.1. The van der Waals surface area contributed by atoms with E-state index in [0.717, 1.165) is 15.8 Å². The first kappa shape index (κ1) is 8.08. The van der Waals surface area contributed by atoms with Gasteiger partial charge in [0.15, 0.2) is 0 Å². The monoisotopic (exact) mass is 227 g/mol. The summed E-state index contributed by atoms with van der Waals surface area (Å²) in [6.45, 7) is 2.65. The summed E-state index contributed by atoms with van der Waals surface area (Å²) in [6, 6.07) is 4.16. The molecule has 1 aromatic rings. The highest BCUT2D eigenvalue weighted by atomic mass is 79.9. The van der Waals surface area contributed by atoms with Gasteiger partial charge in [0.05, 0.1) is 10.5 Å². The molecule has 0 saturated carbocycles. The average molecular weight is 228 g/mol. The summed E-state index contributed by atoms with van der Waals surface area (Å²) in [5, 5.41) is 0. The standard InChI is InChI=1S/C9H10BrNO/c1-5-2-6-8(11)4-12-9(6)7(10)3-5/h2-3,8H,4,11H2,1H3/t8-/m1/s1. The zero-order valence-electron chi connectivity index (χ0n) is 6.80. The van der Waals surface area contributed by atoms with Gasteiger partial charge < -0.3 is 10.5 Å². The van der Waals surface area contributed by atoms with Crippen LogP contribution in [-0.4, -0.2) is 6.61 Å². The van der Waals surface area contributed by atoms with Gasteiger partial charge in [-0.3, -0.25) is 0 Å². The first-order valence-electron chi connectivity index (χ1n) is 3.87. The number of fused-ring (bicyclic) bond motifs is 1. The molecule has 0 aromatic heterocycles. The van der Waals surface area contributed by atoms with E-state index in [1.807, 2.05) is 6.07 Å². The van der Waals surface area contributed by atoms with Gasteiger partial charge in [-0.15, -0.1) is 0 Å². The fraction of sp³-hybridized carbons (Fsp3) is 0.333. The fourth-order valence-electron chi connectivity index (χ4n) is 1.45. The summed E-state index contributed by atoms with van der Waals surface area (Å²) in [4.78, 5) is 0. The molecule has 0 saturated heterocycles. The summed E-state index contributed by atoms with van der Waals surface area (Å²) in [6.07, 6.45) is 0. The molecule has 12 heavy (non-hydrogen) atoms. The molecule has 1 aliphatic heterocycles. The van der Waals surface area contributed by atoms with Crippen molar-refractivity contribution in [1.29, 1.82) is 0 Å². The third kappa shape index (κ3) is 1.13. The molecule has 0 spiro atoms. The number of ether oxygens (including phenoxy) is 1. The van der Waals surface area contributed by atoms with Crippen molar-refractivity contribution in [1.82, 2.24) is 0 Å². The summed E-state index contributed by atoms with van der Waals surface area (Å²) < 4.78 is 6.43. The van der Waals surface area contributed by atoms with Crippen molar-refractivity contribution in [2.75, 3.05) is 6.61 Å². The lowest BCUT2D eigenvalue weighted by molar-refractivity contribution is 0.331. The second-order valence-corrected chi connectivity index (χ2v) is 3.94. The van der Waals surface area contributed by atoms with Gasteiger partial charge in [-0.05, 0) is 34.5 Å². The number of rotatable bonds is 0. The molecular weight excluding hydrogens is 218 g/mol. The van der Waals surface area contributed by atoms with Crippen LogP contribution >= 0.6 is 15.9 Å². The summed E-state index contributed by atoms with van der Waals surface area (Å²) in [7, 11) is 0. The van der Waals surface area contributed by atoms with Crippen molar-refractivity contribution in [2.24, 2.45) is 5.73 Å². The molecule has 3 heteroatoms. The maximum absolute atomic E-state index is 5.84. The third-order valence-electron chi connectivity index (χ3n) is 2.02. The molecule has 2 N–H and O–H groups in total. The van der Waals surface area contributed by atoms with E-state index in [1.165, 1.54) is 5.56 Å². The SMILES string of the molecule is Cc1cc(Br)c2c(c1)[C@H](N)CO2. The molecule has 2 nitrogen and oxygen atoms in total. The number of benzene rings is 1. The Hall–Kier alpha value is -0.540. The van der Waals surface area contributed by atoms with E-state index in [0.29, 0.717) is 6.61 Å². The minimum atomic E-state index is 0.0381. The van der Waals surface area contributed by atoms with Crippen LogP contribution in [0, 0.1) is 6.92 Å². The van der Waals surface area contributed by atoms with E-state index >= 15 is 0 Å². The maximum Gasteiger partial charge on any atom is 0.138 e. The molecule has 1 atom stereocenters. The van der Waals surface area contributed by atoms with Crippen LogP contribution in [0.5, 0.6) is 5.75 Å². The Labute approximate surface area is 79.8 Å². The Morgan fingerprint density at radius 3 is 3.08 bits per heavy atom. The van der Waals surface area contributed by atoms with Crippen molar-refractivity contribution >= 4 is 15.9 Å². The van der Waals surface area contributed by atoms with Crippen LogP contribution in [0.2, 0.25) is 0 Å². The second kappa shape index (κ2) is 2.75. The van der Waals surface area contributed by atoms with Crippen molar-refractivity contribution in [2.45, 2.75) is 13.0 Å². The normalized spacial score (nSPS) is 20.4. The molecule has 1 aromatic carbocycles. The second-order valence-electron chi connectivity index (χ2n) is 3.08. The van der Waals surface area contributed by atoms with E-state index in [1.54, 1.807) is 0 Å². The fourth-order valence-corrected chi connectivity index (χ4v) is 2.15. The molecule has 0 fully saturated rings. The minimum absolute atomic E-state index is 0.0381. The van der Waals surface area contributed by atoms with E-state index in [-0.39, 0.29) is 6.04 Å². The van der Waals surface area contributed by atoms with E-state index in [4.69, 9.17) is 10.5 Å². The highest BCUT2D eigenvalue weighted by Crippen LogP contribution is 2.38. The summed E-state index contributed by atoms with van der Waals surface area (Å²) in [5.74, 6) is 0.910. The predicted molar refractivity (Wildman–Crippen MR) is 51.3 cm³/mol. The lowest BCUT2D eigenvalue weighted by Gasteiger charge is -2.03. The van der Waals surface area contributed by atoms with Gasteiger partial charge in [0, 0.05) is 5.56 Å². The first-order valence-corrected chi connectivity index (χ1v) is 4.66. The van der Waals surface area contributed by atoms with Gasteiger partial charge in [-0.1, -0.05) is 6.07 Å². The zero-order chi connectivity index (χ0) is 8.72. The highest BCUT2D eigenvalue weighted by Gasteiger charge is 2.22. The van der Waals surface area contributed by atoms with E-state index in [2.05, 4.69) is 28.9 Å². The topological polar surface area (TPSA) is 35.2 Å². The van der Waals surface area contributed by atoms with E-state index < -0.39 is 0 Å². The van der Waals surface area contributed by atoms with Gasteiger partial charge in [0.25, 0.3) is 0 Å². The summed E-state index contributed by atoms with van der Waals surface area (Å²) >= 11 is 3.45. The number of aryl methyl sites for hydroxylation is 1. The highest BCUT2D eigenvalue weighted by molar-refractivity contribution is 9.10. The van der Waals surface area contributed by atoms with Gasteiger partial charge in [-0.2, -0.15) is 0 Å². The average Bonchev–Trinajstić information content (AvgIpc) is 2.33. The Balaban J connectivity index is 2.60. The predicted octanol–water partition coefficient (Wildman–Crippen LogP) is 2.15. The van der Waals surface area contributed by atoms with Gasteiger partial charge in [0.1, 0.15) is 12.4 Å². The largest absolute Gasteiger partial charge is 0.490 e. The van der Waals surface area contributed by atoms with Crippen LogP contribution in [0.15, 0.2) is 16.6 Å². The molecule has 1 heterocycles. The number of hydrogen-bond donors (Lipinski definition) is 1. The molecule has 0 bridgehead atoms. The molecular formula is C9H10BrNO. The third-order valence-corrected chi connectivity index (χ3v) is 2.61. The zero-order valence-corrected chi connectivity index (χ0v) is 8.39. The Bertz CT molecular complexity index is 325. The molecule has 0 radical (unpaired) electrons. The smallest absolute Gasteiger partial charge is 0.138 e. The van der Waals surface area contributed by atoms with Crippen LogP contribution in [0.25, 0.3) is 0 Å². The van der Waals surface area contributed by atoms with E-state index in [9.17, 15) is 0 Å². The van der Waals surface area contributed by atoms with Gasteiger partial charge in [0.2, 0.25) is 0 Å². The lowest BCUT2D eigenvalue weighted by Crippen LogP contribution is -2.10. The number of nitrogens with two attached hydrogens (primary N) is 1. The molecule has 0 amide bonds. The van der Waals surface area contributed by atoms with Crippen molar-refractivity contribution in [3.05, 3.63) is 27.7 Å². The quantitative estimate of drug-likeness (QED) is 0.738. The molecule has 0 unspecified atom stereocenters. The Morgan fingerprint density at radius 2 is 2.33 bits per heavy atom. The number of hydrogen-bond acceptors (Lipinski definition) is 2. The van der Waals surface area contributed by atoms with Crippen molar-refractivity contribution < 1.29 is 4.74 Å². The molecule has 64 valence electrons. The first-order chi connectivity index (χ1) is 5.68. The van der Waals surface area contributed by atoms with Crippen molar-refractivity contribution in [3.63, 3.8) is 0 Å². The molecule has 2 rings (SSSR count). The Morgan fingerprint density at radius 1 is 1.58 bits per heavy atom. The minimum Gasteiger partial charge on any atom is -0.490 e. The van der Waals surface area contributed by atoms with Crippen LogP contribution in [0.4, 0.5) is 0 Å². The molecule has 1 aliphatic rings. The van der Waals surface area contributed by atoms with Gasteiger partial charge >= 0.3 is 0 Å². The van der Waals surface area contributed by atoms with Crippen LogP contribution in [-0.2, 0) is 0 Å². The van der Waals surface area contributed by atoms with Gasteiger partial charge in [-0.25, -0.2) is 0 Å². The Kier molecular flexibility index (Phi) is 1.85. The maximum atomic E-state index is 5.84. The number of halogens is 1.